The monoisotopic (exact) mass is 230 g/mol. The van der Waals surface area contributed by atoms with E-state index in [1.165, 1.54) is 12.8 Å². The number of anilines is 1. The maximum atomic E-state index is 5.59. The molecule has 0 aliphatic heterocycles. The highest BCUT2D eigenvalue weighted by molar-refractivity contribution is 6.28. The fourth-order valence-corrected chi connectivity index (χ4v) is 1.26. The highest BCUT2D eigenvalue weighted by atomic mass is 35.5. The van der Waals surface area contributed by atoms with Crippen LogP contribution >= 0.6 is 11.6 Å². The Morgan fingerprint density at radius 3 is 2.67 bits per heavy atom. The van der Waals surface area contributed by atoms with Crippen LogP contribution in [0.3, 0.4) is 0 Å². The van der Waals surface area contributed by atoms with Gasteiger partial charge in [-0.1, -0.05) is 26.2 Å². The van der Waals surface area contributed by atoms with Crippen LogP contribution in [-0.2, 0) is 0 Å². The smallest absolute Gasteiger partial charge is 0.322 e. The van der Waals surface area contributed by atoms with Crippen molar-refractivity contribution in [2.45, 2.75) is 32.6 Å². The van der Waals surface area contributed by atoms with Crippen molar-refractivity contribution >= 4 is 17.5 Å². The number of halogens is 1. The molecule has 0 bridgehead atoms. The van der Waals surface area contributed by atoms with E-state index in [0.29, 0.717) is 6.61 Å². The third-order valence-electron chi connectivity index (χ3n) is 1.83. The van der Waals surface area contributed by atoms with Gasteiger partial charge in [0.15, 0.2) is 0 Å². The van der Waals surface area contributed by atoms with Crippen molar-refractivity contribution in [3.05, 3.63) is 5.28 Å². The van der Waals surface area contributed by atoms with Crippen molar-refractivity contribution in [1.82, 2.24) is 15.0 Å². The molecular formula is C9H15ClN4O. The number of hydrogen-bond donors (Lipinski definition) is 1. The molecular weight excluding hydrogens is 216 g/mol. The van der Waals surface area contributed by atoms with Crippen molar-refractivity contribution in [1.29, 1.82) is 0 Å². The van der Waals surface area contributed by atoms with E-state index in [-0.39, 0.29) is 17.2 Å². The van der Waals surface area contributed by atoms with Crippen molar-refractivity contribution in [2.75, 3.05) is 12.3 Å². The van der Waals surface area contributed by atoms with E-state index in [1.807, 2.05) is 0 Å². The Morgan fingerprint density at radius 2 is 2.00 bits per heavy atom. The second-order valence-corrected chi connectivity index (χ2v) is 3.49. The Morgan fingerprint density at radius 1 is 1.20 bits per heavy atom. The van der Waals surface area contributed by atoms with Crippen LogP contribution in [0.5, 0.6) is 6.01 Å². The fraction of sp³-hybridized carbons (Fsp3) is 0.667. The number of ether oxygens (including phenoxy) is 1. The van der Waals surface area contributed by atoms with Gasteiger partial charge in [-0.3, -0.25) is 0 Å². The van der Waals surface area contributed by atoms with E-state index in [2.05, 4.69) is 21.9 Å². The van der Waals surface area contributed by atoms with Gasteiger partial charge < -0.3 is 10.5 Å². The maximum Gasteiger partial charge on any atom is 0.322 e. The van der Waals surface area contributed by atoms with Gasteiger partial charge in [0, 0.05) is 0 Å². The van der Waals surface area contributed by atoms with Crippen LogP contribution in [0.15, 0.2) is 0 Å². The van der Waals surface area contributed by atoms with Crippen LogP contribution in [0.25, 0.3) is 0 Å². The number of nitrogen functional groups attached to an aromatic ring is 1. The number of aromatic nitrogens is 3. The van der Waals surface area contributed by atoms with Gasteiger partial charge in [0.2, 0.25) is 11.2 Å². The molecule has 0 aromatic carbocycles. The number of rotatable bonds is 6. The zero-order valence-electron chi connectivity index (χ0n) is 8.74. The molecule has 0 amide bonds. The summed E-state index contributed by atoms with van der Waals surface area (Å²) in [5, 5.41) is 0.0612. The fourth-order valence-electron chi connectivity index (χ4n) is 1.10. The normalized spacial score (nSPS) is 10.3. The van der Waals surface area contributed by atoms with Crippen LogP contribution < -0.4 is 10.5 Å². The topological polar surface area (TPSA) is 73.9 Å². The van der Waals surface area contributed by atoms with Gasteiger partial charge in [-0.15, -0.1) is 0 Å². The summed E-state index contributed by atoms with van der Waals surface area (Å²) in [6.07, 6.45) is 4.54. The van der Waals surface area contributed by atoms with Gasteiger partial charge in [-0.2, -0.15) is 15.0 Å². The highest BCUT2D eigenvalue weighted by Crippen LogP contribution is 2.09. The van der Waals surface area contributed by atoms with Gasteiger partial charge in [0.1, 0.15) is 0 Å². The molecule has 2 N–H and O–H groups in total. The lowest BCUT2D eigenvalue weighted by Crippen LogP contribution is -2.05. The lowest BCUT2D eigenvalue weighted by Gasteiger charge is -2.03. The third-order valence-corrected chi connectivity index (χ3v) is 2.00. The molecule has 6 heteroatoms. The largest absolute Gasteiger partial charge is 0.463 e. The zero-order valence-corrected chi connectivity index (χ0v) is 9.50. The highest BCUT2D eigenvalue weighted by Gasteiger charge is 2.02. The molecule has 84 valence electrons. The minimum absolute atomic E-state index is 0.0612. The number of nitrogens with zero attached hydrogens (tertiary/aromatic N) is 3. The summed E-state index contributed by atoms with van der Waals surface area (Å²) >= 11 is 5.59. The van der Waals surface area contributed by atoms with E-state index >= 15 is 0 Å². The zero-order chi connectivity index (χ0) is 11.1. The first-order chi connectivity index (χ1) is 7.22. The number of nitrogens with two attached hydrogens (primary N) is 1. The standard InChI is InChI=1S/C9H15ClN4O/c1-2-3-4-5-6-15-9-13-7(10)12-8(11)14-9/h2-6H2,1H3,(H2,11,12,13,14). The van der Waals surface area contributed by atoms with E-state index in [4.69, 9.17) is 22.1 Å². The molecule has 1 aromatic rings. The molecule has 0 radical (unpaired) electrons. The summed E-state index contributed by atoms with van der Waals surface area (Å²) in [5.41, 5.74) is 5.38. The molecule has 0 fully saturated rings. The predicted octanol–water partition coefficient (Wildman–Crippen LogP) is 2.07. The molecule has 1 rings (SSSR count). The lowest BCUT2D eigenvalue weighted by molar-refractivity contribution is 0.281. The molecule has 0 aliphatic rings. The average Bonchev–Trinajstić information content (AvgIpc) is 2.16. The molecule has 0 aliphatic carbocycles. The second-order valence-electron chi connectivity index (χ2n) is 3.15. The summed E-state index contributed by atoms with van der Waals surface area (Å²) < 4.78 is 5.29. The predicted molar refractivity (Wildman–Crippen MR) is 58.9 cm³/mol. The molecule has 0 saturated carbocycles. The van der Waals surface area contributed by atoms with Crippen LogP contribution in [0.4, 0.5) is 5.95 Å². The van der Waals surface area contributed by atoms with Crippen LogP contribution in [0.2, 0.25) is 5.28 Å². The van der Waals surface area contributed by atoms with Gasteiger partial charge in [-0.25, -0.2) is 0 Å². The van der Waals surface area contributed by atoms with Crippen molar-refractivity contribution in [2.24, 2.45) is 0 Å². The number of unbranched alkanes of at least 4 members (excludes halogenated alkanes) is 3. The summed E-state index contributed by atoms with van der Waals surface area (Å²) in [6.45, 7) is 2.74. The van der Waals surface area contributed by atoms with Gasteiger partial charge in [0.05, 0.1) is 6.61 Å². The lowest BCUT2D eigenvalue weighted by atomic mass is 10.2. The SMILES string of the molecule is CCCCCCOc1nc(N)nc(Cl)n1. The molecule has 1 heterocycles. The van der Waals surface area contributed by atoms with Gasteiger partial charge in [0.25, 0.3) is 0 Å². The first-order valence-electron chi connectivity index (χ1n) is 5.02. The first-order valence-corrected chi connectivity index (χ1v) is 5.40. The summed E-state index contributed by atoms with van der Waals surface area (Å²) in [4.78, 5) is 11.2. The molecule has 0 saturated heterocycles. The molecule has 1 aromatic heterocycles. The molecule has 0 spiro atoms. The van der Waals surface area contributed by atoms with Gasteiger partial charge in [-0.05, 0) is 18.0 Å². The minimum atomic E-state index is 0.0612. The van der Waals surface area contributed by atoms with Crippen molar-refractivity contribution in [3.63, 3.8) is 0 Å². The Kier molecular flexibility index (Phi) is 5.10. The Bertz CT molecular complexity index is 288. The average molecular weight is 231 g/mol. The van der Waals surface area contributed by atoms with E-state index < -0.39 is 0 Å². The third kappa shape index (κ3) is 4.78. The molecule has 5 nitrogen and oxygen atoms in total. The molecule has 0 atom stereocenters. The first kappa shape index (κ1) is 12.0. The maximum absolute atomic E-state index is 5.59. The van der Waals surface area contributed by atoms with Crippen LogP contribution in [-0.4, -0.2) is 21.6 Å². The Labute approximate surface area is 94.0 Å². The van der Waals surface area contributed by atoms with Crippen molar-refractivity contribution in [3.8, 4) is 6.01 Å². The van der Waals surface area contributed by atoms with E-state index in [1.54, 1.807) is 0 Å². The number of hydrogen-bond acceptors (Lipinski definition) is 5. The molecule has 15 heavy (non-hydrogen) atoms. The minimum Gasteiger partial charge on any atom is -0.463 e. The van der Waals surface area contributed by atoms with Crippen LogP contribution in [0, 0.1) is 0 Å². The quantitative estimate of drug-likeness (QED) is 0.758. The van der Waals surface area contributed by atoms with Crippen molar-refractivity contribution < 1.29 is 4.74 Å². The van der Waals surface area contributed by atoms with Gasteiger partial charge >= 0.3 is 6.01 Å². The summed E-state index contributed by atoms with van der Waals surface area (Å²) in [7, 11) is 0. The second kappa shape index (κ2) is 6.40. The molecule has 0 unspecified atom stereocenters. The Hall–Kier alpha value is -1.10. The Balaban J connectivity index is 2.31. The van der Waals surface area contributed by atoms with E-state index in [0.717, 1.165) is 12.8 Å². The van der Waals surface area contributed by atoms with Crippen LogP contribution in [0.1, 0.15) is 32.6 Å². The summed E-state index contributed by atoms with van der Waals surface area (Å²) in [6, 6.07) is 0.198. The van der Waals surface area contributed by atoms with E-state index in [9.17, 15) is 0 Å². The summed E-state index contributed by atoms with van der Waals surface area (Å²) in [5.74, 6) is 0.0820.